The standard InChI is InChI=1S/C9H6F5NO4/c1-18-6-3(19-9(12,13)14)2-15-5(8(16)17)4(6)7(10)11/h2,7H,1H3,(H,16,17). The van der Waals surface area contributed by atoms with Gasteiger partial charge in [0.2, 0.25) is 0 Å². The van der Waals surface area contributed by atoms with Crippen molar-refractivity contribution in [2.75, 3.05) is 7.11 Å². The molecule has 0 spiro atoms. The average Bonchev–Trinajstić information content (AvgIpc) is 2.25. The fourth-order valence-corrected chi connectivity index (χ4v) is 1.27. The molecule has 10 heteroatoms. The molecule has 0 radical (unpaired) electrons. The Bertz CT molecular complexity index is 488. The number of carbonyl (C=O) groups is 1. The van der Waals surface area contributed by atoms with Gasteiger partial charge in [0.15, 0.2) is 17.2 Å². The van der Waals surface area contributed by atoms with E-state index in [2.05, 4.69) is 14.5 Å². The number of alkyl halides is 5. The van der Waals surface area contributed by atoms with Gasteiger partial charge in [-0.1, -0.05) is 0 Å². The fourth-order valence-electron chi connectivity index (χ4n) is 1.27. The first kappa shape index (κ1) is 14.9. The summed E-state index contributed by atoms with van der Waals surface area (Å²) in [5, 5.41) is 8.64. The van der Waals surface area contributed by atoms with E-state index >= 15 is 0 Å². The van der Waals surface area contributed by atoms with Crippen molar-refractivity contribution in [3.8, 4) is 11.5 Å². The quantitative estimate of drug-likeness (QED) is 0.862. The minimum Gasteiger partial charge on any atom is -0.492 e. The molecular formula is C9H6F5NO4. The van der Waals surface area contributed by atoms with Crippen molar-refractivity contribution >= 4 is 5.97 Å². The smallest absolute Gasteiger partial charge is 0.492 e. The summed E-state index contributed by atoms with van der Waals surface area (Å²) in [6.45, 7) is 0. The Labute approximate surface area is 102 Å². The number of aromatic nitrogens is 1. The molecule has 0 bridgehead atoms. The summed E-state index contributed by atoms with van der Waals surface area (Å²) in [4.78, 5) is 13.7. The van der Waals surface area contributed by atoms with Crippen LogP contribution in [0.1, 0.15) is 22.5 Å². The molecule has 1 aromatic heterocycles. The average molecular weight is 287 g/mol. The molecule has 1 heterocycles. The van der Waals surface area contributed by atoms with Crippen LogP contribution in [0.25, 0.3) is 0 Å². The van der Waals surface area contributed by atoms with Crippen LogP contribution in [0.4, 0.5) is 22.0 Å². The molecular weight excluding hydrogens is 281 g/mol. The van der Waals surface area contributed by atoms with E-state index in [1.807, 2.05) is 0 Å². The molecule has 1 rings (SSSR count). The van der Waals surface area contributed by atoms with Crippen LogP contribution in [0.2, 0.25) is 0 Å². The summed E-state index contributed by atoms with van der Waals surface area (Å²) in [5.74, 6) is -4.00. The maximum atomic E-state index is 12.7. The summed E-state index contributed by atoms with van der Waals surface area (Å²) in [7, 11) is 0.802. The lowest BCUT2D eigenvalue weighted by Crippen LogP contribution is -2.19. The Kier molecular flexibility index (Phi) is 4.12. The predicted molar refractivity (Wildman–Crippen MR) is 49.4 cm³/mol. The van der Waals surface area contributed by atoms with Gasteiger partial charge in [-0.3, -0.25) is 0 Å². The zero-order valence-corrected chi connectivity index (χ0v) is 9.16. The molecule has 0 unspecified atom stereocenters. The van der Waals surface area contributed by atoms with E-state index in [0.29, 0.717) is 6.20 Å². The SMILES string of the molecule is COc1c(OC(F)(F)F)cnc(C(=O)O)c1C(F)F. The van der Waals surface area contributed by atoms with Crippen LogP contribution >= 0.6 is 0 Å². The molecule has 1 aromatic rings. The van der Waals surface area contributed by atoms with Crippen molar-refractivity contribution in [1.82, 2.24) is 4.98 Å². The molecule has 0 aromatic carbocycles. The van der Waals surface area contributed by atoms with Crippen molar-refractivity contribution in [2.45, 2.75) is 12.8 Å². The lowest BCUT2D eigenvalue weighted by Gasteiger charge is -2.16. The van der Waals surface area contributed by atoms with Crippen LogP contribution in [0, 0.1) is 0 Å². The summed E-state index contributed by atoms with van der Waals surface area (Å²) >= 11 is 0. The van der Waals surface area contributed by atoms with Gasteiger partial charge >= 0.3 is 12.3 Å². The Hall–Kier alpha value is -2.13. The number of halogens is 5. The monoisotopic (exact) mass is 287 g/mol. The van der Waals surface area contributed by atoms with Crippen molar-refractivity contribution < 1.29 is 41.3 Å². The van der Waals surface area contributed by atoms with Gasteiger partial charge in [-0.05, 0) is 0 Å². The second-order valence-corrected chi connectivity index (χ2v) is 3.07. The molecule has 0 saturated carbocycles. The number of aromatic carboxylic acids is 1. The molecule has 0 amide bonds. The van der Waals surface area contributed by atoms with Crippen molar-refractivity contribution in [3.63, 3.8) is 0 Å². The minimum atomic E-state index is -5.15. The molecule has 19 heavy (non-hydrogen) atoms. The van der Waals surface area contributed by atoms with Gasteiger partial charge in [-0.25, -0.2) is 18.6 Å². The Morgan fingerprint density at radius 2 is 2.00 bits per heavy atom. The summed E-state index contributed by atoms with van der Waals surface area (Å²) in [5.41, 5.74) is -2.39. The molecule has 1 N–H and O–H groups in total. The number of methoxy groups -OCH3 is 1. The van der Waals surface area contributed by atoms with E-state index in [1.54, 1.807) is 0 Å². The molecule has 0 aliphatic heterocycles. The van der Waals surface area contributed by atoms with Crippen molar-refractivity contribution in [3.05, 3.63) is 17.5 Å². The number of carboxylic acids is 1. The van der Waals surface area contributed by atoms with Crippen LogP contribution in [0.15, 0.2) is 6.20 Å². The Morgan fingerprint density at radius 3 is 2.37 bits per heavy atom. The first-order valence-electron chi connectivity index (χ1n) is 4.51. The first-order valence-corrected chi connectivity index (χ1v) is 4.51. The molecule has 5 nitrogen and oxygen atoms in total. The zero-order chi connectivity index (χ0) is 14.8. The molecule has 0 aliphatic rings. The number of hydrogen-bond donors (Lipinski definition) is 1. The predicted octanol–water partition coefficient (Wildman–Crippen LogP) is 2.62. The Morgan fingerprint density at radius 1 is 1.42 bits per heavy atom. The highest BCUT2D eigenvalue weighted by molar-refractivity contribution is 5.88. The third kappa shape index (κ3) is 3.42. The van der Waals surface area contributed by atoms with Gasteiger partial charge < -0.3 is 14.6 Å². The lowest BCUT2D eigenvalue weighted by molar-refractivity contribution is -0.275. The van der Waals surface area contributed by atoms with Crippen LogP contribution in [0.5, 0.6) is 11.5 Å². The second kappa shape index (κ2) is 5.24. The summed E-state index contributed by atoms with van der Waals surface area (Å²) < 4.78 is 69.4. The fraction of sp³-hybridized carbons (Fsp3) is 0.333. The molecule has 0 atom stereocenters. The highest BCUT2D eigenvalue weighted by Crippen LogP contribution is 2.40. The van der Waals surface area contributed by atoms with E-state index in [0.717, 1.165) is 7.11 Å². The van der Waals surface area contributed by atoms with E-state index in [-0.39, 0.29) is 0 Å². The van der Waals surface area contributed by atoms with E-state index in [4.69, 9.17) is 5.11 Å². The van der Waals surface area contributed by atoms with Gasteiger partial charge in [0, 0.05) is 0 Å². The number of hydrogen-bond acceptors (Lipinski definition) is 4. The second-order valence-electron chi connectivity index (χ2n) is 3.07. The normalized spacial score (nSPS) is 11.5. The summed E-state index contributed by atoms with van der Waals surface area (Å²) in [6.07, 6.45) is -8.20. The number of ether oxygens (including phenoxy) is 2. The maximum Gasteiger partial charge on any atom is 0.573 e. The van der Waals surface area contributed by atoms with Crippen LogP contribution < -0.4 is 9.47 Å². The van der Waals surface area contributed by atoms with Crippen LogP contribution in [-0.2, 0) is 0 Å². The number of nitrogens with zero attached hydrogens (tertiary/aromatic N) is 1. The third-order valence-electron chi connectivity index (χ3n) is 1.89. The topological polar surface area (TPSA) is 68.7 Å². The number of rotatable bonds is 4. The minimum absolute atomic E-state index is 0.349. The van der Waals surface area contributed by atoms with Gasteiger partial charge in [-0.15, -0.1) is 13.2 Å². The number of pyridine rings is 1. The van der Waals surface area contributed by atoms with Crippen LogP contribution in [-0.4, -0.2) is 29.5 Å². The molecule has 0 fully saturated rings. The van der Waals surface area contributed by atoms with Gasteiger partial charge in [0.05, 0.1) is 18.9 Å². The first-order chi connectivity index (χ1) is 8.67. The van der Waals surface area contributed by atoms with E-state index in [9.17, 15) is 26.7 Å². The highest BCUT2D eigenvalue weighted by Gasteiger charge is 2.35. The maximum absolute atomic E-state index is 12.7. The highest BCUT2D eigenvalue weighted by atomic mass is 19.4. The van der Waals surface area contributed by atoms with Gasteiger partial charge in [-0.2, -0.15) is 0 Å². The van der Waals surface area contributed by atoms with E-state index in [1.165, 1.54) is 0 Å². The molecule has 106 valence electrons. The molecule has 0 saturated heterocycles. The largest absolute Gasteiger partial charge is 0.573 e. The third-order valence-corrected chi connectivity index (χ3v) is 1.89. The number of carboxylic acid groups (broad SMARTS) is 1. The lowest BCUT2D eigenvalue weighted by atomic mass is 10.1. The zero-order valence-electron chi connectivity index (χ0n) is 9.16. The summed E-state index contributed by atoms with van der Waals surface area (Å²) in [6, 6.07) is 0. The van der Waals surface area contributed by atoms with Crippen molar-refractivity contribution in [2.24, 2.45) is 0 Å². The Balaban J connectivity index is 3.45. The van der Waals surface area contributed by atoms with Gasteiger partial charge in [0.25, 0.3) is 6.43 Å². The van der Waals surface area contributed by atoms with Crippen molar-refractivity contribution in [1.29, 1.82) is 0 Å². The van der Waals surface area contributed by atoms with E-state index < -0.39 is 41.5 Å². The van der Waals surface area contributed by atoms with Gasteiger partial charge in [0.1, 0.15) is 0 Å². The van der Waals surface area contributed by atoms with Crippen LogP contribution in [0.3, 0.4) is 0 Å². The molecule has 0 aliphatic carbocycles.